The number of nitrogens with two attached hydrogens (primary N) is 1. The third-order valence-corrected chi connectivity index (χ3v) is 3.79. The van der Waals surface area contributed by atoms with Gasteiger partial charge in [-0.3, -0.25) is 9.89 Å². The molecule has 102 valence electrons. The number of nitrogens with zero attached hydrogens (tertiary/aromatic N) is 2. The minimum atomic E-state index is -0.260. The summed E-state index contributed by atoms with van der Waals surface area (Å²) in [5.74, 6) is -0.260. The van der Waals surface area contributed by atoms with E-state index in [1.807, 2.05) is 13.8 Å². The second-order valence-electron chi connectivity index (χ2n) is 4.26. The van der Waals surface area contributed by atoms with Crippen molar-refractivity contribution < 1.29 is 4.79 Å². The maximum Gasteiger partial charge on any atom is 0.274 e. The quantitative estimate of drug-likeness (QED) is 0.775. The van der Waals surface area contributed by atoms with E-state index in [1.54, 1.807) is 5.51 Å². The van der Waals surface area contributed by atoms with Crippen molar-refractivity contribution in [3.63, 3.8) is 0 Å². The molecule has 2 aromatic rings. The summed E-state index contributed by atoms with van der Waals surface area (Å²) in [4.78, 5) is 17.2. The molecule has 0 bridgehead atoms. The Hall–Kier alpha value is -1.89. The van der Waals surface area contributed by atoms with Crippen LogP contribution in [0.2, 0.25) is 0 Å². The summed E-state index contributed by atoms with van der Waals surface area (Å²) in [6.45, 7) is 4.41. The summed E-state index contributed by atoms with van der Waals surface area (Å²) in [5.41, 5.74) is 10.1. The van der Waals surface area contributed by atoms with Crippen LogP contribution in [0.4, 0.5) is 5.69 Å². The summed E-state index contributed by atoms with van der Waals surface area (Å²) in [5, 5.41) is 9.60. The van der Waals surface area contributed by atoms with Gasteiger partial charge in [-0.25, -0.2) is 4.98 Å². The van der Waals surface area contributed by atoms with Gasteiger partial charge in [-0.15, -0.1) is 11.3 Å². The molecule has 4 N–H and O–H groups in total. The molecule has 19 heavy (non-hydrogen) atoms. The third kappa shape index (κ3) is 2.93. The maximum atomic E-state index is 12.0. The van der Waals surface area contributed by atoms with Gasteiger partial charge in [-0.05, 0) is 13.3 Å². The van der Waals surface area contributed by atoms with Crippen LogP contribution < -0.4 is 11.1 Å². The first-order chi connectivity index (χ1) is 9.13. The van der Waals surface area contributed by atoms with E-state index < -0.39 is 0 Å². The van der Waals surface area contributed by atoms with Crippen molar-refractivity contribution in [2.45, 2.75) is 33.2 Å². The summed E-state index contributed by atoms with van der Waals surface area (Å²) in [7, 11) is 0. The van der Waals surface area contributed by atoms with Gasteiger partial charge in [0.25, 0.3) is 5.91 Å². The number of amides is 1. The molecule has 6 nitrogen and oxygen atoms in total. The molecule has 0 aromatic carbocycles. The number of carbonyl (C=O) groups is 1. The molecule has 0 fully saturated rings. The standard InChI is InChI=1S/C12H17N5OS/c1-3-4-8-10(13)11(17-16-8)12(18)14-5-9-7(2)15-6-19-9/h6H,3-5,13H2,1-2H3,(H,14,18)(H,16,17). The number of aryl methyl sites for hydroxylation is 2. The average molecular weight is 279 g/mol. The molecule has 0 saturated carbocycles. The van der Waals surface area contributed by atoms with Crippen LogP contribution in [-0.4, -0.2) is 21.1 Å². The SMILES string of the molecule is CCCc1[nH]nc(C(=O)NCc2scnc2C)c1N. The first-order valence-electron chi connectivity index (χ1n) is 6.13. The van der Waals surface area contributed by atoms with Crippen molar-refractivity contribution in [2.75, 3.05) is 5.73 Å². The predicted octanol–water partition coefficient (Wildman–Crippen LogP) is 1.64. The van der Waals surface area contributed by atoms with Crippen molar-refractivity contribution >= 4 is 22.9 Å². The molecule has 0 aliphatic heterocycles. The van der Waals surface area contributed by atoms with Crippen LogP contribution >= 0.6 is 11.3 Å². The lowest BCUT2D eigenvalue weighted by atomic mass is 10.2. The zero-order chi connectivity index (χ0) is 13.8. The topological polar surface area (TPSA) is 96.7 Å². The van der Waals surface area contributed by atoms with Gasteiger partial charge in [0.1, 0.15) is 0 Å². The summed E-state index contributed by atoms with van der Waals surface area (Å²) in [6.07, 6.45) is 1.74. The van der Waals surface area contributed by atoms with Gasteiger partial charge in [-0.1, -0.05) is 13.3 Å². The monoisotopic (exact) mass is 279 g/mol. The second kappa shape index (κ2) is 5.83. The van der Waals surface area contributed by atoms with E-state index in [0.717, 1.165) is 29.1 Å². The zero-order valence-electron chi connectivity index (χ0n) is 11.0. The van der Waals surface area contributed by atoms with Crippen LogP contribution in [0.25, 0.3) is 0 Å². The Balaban J connectivity index is 2.02. The van der Waals surface area contributed by atoms with Crippen molar-refractivity contribution in [3.05, 3.63) is 27.5 Å². The number of hydrogen-bond donors (Lipinski definition) is 3. The molecule has 0 spiro atoms. The molecule has 7 heteroatoms. The molecule has 0 aliphatic carbocycles. The molecule has 0 atom stereocenters. The van der Waals surface area contributed by atoms with E-state index >= 15 is 0 Å². The molecule has 0 unspecified atom stereocenters. The number of H-pyrrole nitrogens is 1. The fraction of sp³-hybridized carbons (Fsp3) is 0.417. The number of hydrogen-bond acceptors (Lipinski definition) is 5. The summed E-state index contributed by atoms with van der Waals surface area (Å²) in [6, 6.07) is 0. The normalized spacial score (nSPS) is 10.6. The number of carbonyl (C=O) groups excluding carboxylic acids is 1. The zero-order valence-corrected chi connectivity index (χ0v) is 11.8. The molecule has 2 heterocycles. The molecule has 1 amide bonds. The smallest absolute Gasteiger partial charge is 0.274 e. The Kier molecular flexibility index (Phi) is 4.16. The van der Waals surface area contributed by atoms with Crippen molar-refractivity contribution in [1.82, 2.24) is 20.5 Å². The van der Waals surface area contributed by atoms with Crippen LogP contribution in [0.1, 0.15) is 40.1 Å². The van der Waals surface area contributed by atoms with Gasteiger partial charge < -0.3 is 11.1 Å². The second-order valence-corrected chi connectivity index (χ2v) is 5.20. The molecule has 0 saturated heterocycles. The van der Waals surface area contributed by atoms with Crippen molar-refractivity contribution in [1.29, 1.82) is 0 Å². The highest BCUT2D eigenvalue weighted by Gasteiger charge is 2.16. The van der Waals surface area contributed by atoms with Crippen LogP contribution in [0.5, 0.6) is 0 Å². The van der Waals surface area contributed by atoms with Gasteiger partial charge >= 0.3 is 0 Å². The van der Waals surface area contributed by atoms with E-state index in [2.05, 4.69) is 20.5 Å². The number of anilines is 1. The Morgan fingerprint density at radius 1 is 1.58 bits per heavy atom. The van der Waals surface area contributed by atoms with E-state index in [-0.39, 0.29) is 11.6 Å². The fourth-order valence-corrected chi connectivity index (χ4v) is 2.46. The number of aromatic nitrogens is 3. The highest BCUT2D eigenvalue weighted by molar-refractivity contribution is 7.09. The molecule has 2 aromatic heterocycles. The van der Waals surface area contributed by atoms with Gasteiger partial charge in [0.15, 0.2) is 5.69 Å². The fourth-order valence-electron chi connectivity index (χ4n) is 1.74. The summed E-state index contributed by atoms with van der Waals surface area (Å²) >= 11 is 1.52. The molecule has 0 radical (unpaired) electrons. The van der Waals surface area contributed by atoms with Gasteiger partial charge in [0.2, 0.25) is 0 Å². The number of thiazole rings is 1. The minimum Gasteiger partial charge on any atom is -0.395 e. The highest BCUT2D eigenvalue weighted by Crippen LogP contribution is 2.16. The van der Waals surface area contributed by atoms with Gasteiger partial charge in [0.05, 0.1) is 29.1 Å². The largest absolute Gasteiger partial charge is 0.395 e. The van der Waals surface area contributed by atoms with Gasteiger partial charge in [-0.2, -0.15) is 5.10 Å². The van der Waals surface area contributed by atoms with E-state index in [1.165, 1.54) is 11.3 Å². The number of nitrogens with one attached hydrogen (secondary N) is 2. The van der Waals surface area contributed by atoms with Crippen LogP contribution in [0.15, 0.2) is 5.51 Å². The lowest BCUT2D eigenvalue weighted by Crippen LogP contribution is -2.24. The van der Waals surface area contributed by atoms with Crippen molar-refractivity contribution in [2.24, 2.45) is 0 Å². The maximum absolute atomic E-state index is 12.0. The first kappa shape index (κ1) is 13.5. The molecule has 0 aliphatic rings. The lowest BCUT2D eigenvalue weighted by molar-refractivity contribution is 0.0947. The molecular weight excluding hydrogens is 262 g/mol. The summed E-state index contributed by atoms with van der Waals surface area (Å²) < 4.78 is 0. The predicted molar refractivity (Wildman–Crippen MR) is 75.0 cm³/mol. The Morgan fingerprint density at radius 2 is 2.37 bits per heavy atom. The third-order valence-electron chi connectivity index (χ3n) is 2.85. The molecule has 2 rings (SSSR count). The Morgan fingerprint density at radius 3 is 3.00 bits per heavy atom. The van der Waals surface area contributed by atoms with E-state index in [4.69, 9.17) is 5.73 Å². The number of aromatic amines is 1. The van der Waals surface area contributed by atoms with Gasteiger partial charge in [0, 0.05) is 4.88 Å². The Bertz CT molecular complexity index is 574. The van der Waals surface area contributed by atoms with Crippen LogP contribution in [0, 0.1) is 6.92 Å². The van der Waals surface area contributed by atoms with Crippen LogP contribution in [0.3, 0.4) is 0 Å². The Labute approximate surface area is 115 Å². The van der Waals surface area contributed by atoms with E-state index in [9.17, 15) is 4.79 Å². The van der Waals surface area contributed by atoms with Crippen LogP contribution in [-0.2, 0) is 13.0 Å². The average Bonchev–Trinajstić information content (AvgIpc) is 2.95. The minimum absolute atomic E-state index is 0.260. The lowest BCUT2D eigenvalue weighted by Gasteiger charge is -2.03. The first-order valence-corrected chi connectivity index (χ1v) is 7.01. The number of nitrogen functional groups attached to an aromatic ring is 1. The molecular formula is C12H17N5OS. The van der Waals surface area contributed by atoms with Crippen molar-refractivity contribution in [3.8, 4) is 0 Å². The van der Waals surface area contributed by atoms with E-state index in [0.29, 0.717) is 12.2 Å². The highest BCUT2D eigenvalue weighted by atomic mass is 32.1. The number of rotatable bonds is 5.